The van der Waals surface area contributed by atoms with E-state index in [1.54, 1.807) is 19.1 Å². The third-order valence-electron chi connectivity index (χ3n) is 3.85. The number of benzene rings is 1. The van der Waals surface area contributed by atoms with Crippen molar-refractivity contribution in [1.82, 2.24) is 29.5 Å². The van der Waals surface area contributed by atoms with Gasteiger partial charge in [0.15, 0.2) is 0 Å². The Balaban J connectivity index is 1.54. The summed E-state index contributed by atoms with van der Waals surface area (Å²) in [5, 5.41) is 6.50. The SMILES string of the molecule is Cc1cc(NCCc2nc3ccc(F)cc3[nH]2)n2nc(C(F)(F)F)nc2n1. The number of rotatable bonds is 4. The molecule has 0 aliphatic heterocycles. The standard InChI is InChI=1S/C16H13F4N7/c1-8-6-13(27-15(22-8)25-14(26-27)16(18,19)20)21-5-4-12-23-10-3-2-9(17)7-11(10)24-12/h2-3,6-7,21H,4-5H2,1H3,(H,23,24). The van der Waals surface area contributed by atoms with Crippen molar-refractivity contribution in [1.29, 1.82) is 0 Å². The van der Waals surface area contributed by atoms with E-state index in [4.69, 9.17) is 0 Å². The van der Waals surface area contributed by atoms with E-state index in [0.717, 1.165) is 4.52 Å². The largest absolute Gasteiger partial charge is 0.453 e. The first-order chi connectivity index (χ1) is 12.8. The van der Waals surface area contributed by atoms with Crippen molar-refractivity contribution in [3.05, 3.63) is 47.4 Å². The molecule has 0 aliphatic carbocycles. The fourth-order valence-corrected chi connectivity index (χ4v) is 2.69. The highest BCUT2D eigenvalue weighted by atomic mass is 19.4. The van der Waals surface area contributed by atoms with Crippen LogP contribution in [-0.4, -0.2) is 36.1 Å². The van der Waals surface area contributed by atoms with Crippen LogP contribution in [-0.2, 0) is 12.6 Å². The second-order valence-electron chi connectivity index (χ2n) is 5.95. The number of aromatic nitrogens is 6. The molecule has 0 saturated carbocycles. The van der Waals surface area contributed by atoms with Gasteiger partial charge in [-0.15, -0.1) is 5.10 Å². The molecule has 4 aromatic rings. The highest BCUT2D eigenvalue weighted by Crippen LogP contribution is 2.27. The fraction of sp³-hybridized carbons (Fsp3) is 0.250. The predicted octanol–water partition coefficient (Wildman–Crippen LogP) is 3.12. The Kier molecular flexibility index (Phi) is 3.93. The highest BCUT2D eigenvalue weighted by molar-refractivity contribution is 5.74. The van der Waals surface area contributed by atoms with Crippen molar-refractivity contribution < 1.29 is 17.6 Å². The molecule has 2 N–H and O–H groups in total. The lowest BCUT2D eigenvalue weighted by molar-refractivity contribution is -0.144. The Bertz CT molecular complexity index is 1130. The van der Waals surface area contributed by atoms with Gasteiger partial charge in [0.25, 0.3) is 11.6 Å². The van der Waals surface area contributed by atoms with Crippen LogP contribution in [0, 0.1) is 12.7 Å². The first kappa shape index (κ1) is 17.2. The average molecular weight is 379 g/mol. The zero-order valence-electron chi connectivity index (χ0n) is 14.0. The topological polar surface area (TPSA) is 83.8 Å². The number of fused-ring (bicyclic) bond motifs is 2. The number of aromatic amines is 1. The zero-order chi connectivity index (χ0) is 19.2. The van der Waals surface area contributed by atoms with E-state index in [1.165, 1.54) is 12.1 Å². The molecular formula is C16H13F4N7. The first-order valence-electron chi connectivity index (χ1n) is 7.99. The van der Waals surface area contributed by atoms with E-state index in [1.807, 2.05) is 0 Å². The Morgan fingerprint density at radius 3 is 2.74 bits per heavy atom. The van der Waals surface area contributed by atoms with Crippen LogP contribution >= 0.6 is 0 Å². The first-order valence-corrected chi connectivity index (χ1v) is 7.99. The summed E-state index contributed by atoms with van der Waals surface area (Å²) in [6.45, 7) is 2.02. The molecule has 7 nitrogen and oxygen atoms in total. The average Bonchev–Trinajstić information content (AvgIpc) is 3.17. The molecule has 4 rings (SSSR count). The number of nitrogens with one attached hydrogen (secondary N) is 2. The van der Waals surface area contributed by atoms with Crippen LogP contribution in [0.1, 0.15) is 17.3 Å². The third kappa shape index (κ3) is 3.39. The summed E-state index contributed by atoms with van der Waals surface area (Å²) >= 11 is 0. The van der Waals surface area contributed by atoms with Gasteiger partial charge >= 0.3 is 6.18 Å². The van der Waals surface area contributed by atoms with Crippen LogP contribution in [0.2, 0.25) is 0 Å². The summed E-state index contributed by atoms with van der Waals surface area (Å²) in [5.74, 6) is -0.786. The van der Waals surface area contributed by atoms with Gasteiger partial charge in [-0.25, -0.2) is 14.4 Å². The maximum atomic E-state index is 13.2. The molecule has 0 fully saturated rings. The zero-order valence-corrected chi connectivity index (χ0v) is 14.0. The lowest BCUT2D eigenvalue weighted by Crippen LogP contribution is -2.11. The number of nitrogens with zero attached hydrogens (tertiary/aromatic N) is 5. The van der Waals surface area contributed by atoms with Crippen LogP contribution in [0.3, 0.4) is 0 Å². The molecule has 27 heavy (non-hydrogen) atoms. The predicted molar refractivity (Wildman–Crippen MR) is 88.8 cm³/mol. The Morgan fingerprint density at radius 1 is 1.15 bits per heavy atom. The molecule has 0 aliphatic rings. The van der Waals surface area contributed by atoms with E-state index >= 15 is 0 Å². The minimum atomic E-state index is -4.65. The summed E-state index contributed by atoms with van der Waals surface area (Å²) in [6, 6.07) is 5.82. The molecule has 0 bridgehead atoms. The molecule has 0 spiro atoms. The van der Waals surface area contributed by atoms with Gasteiger partial charge in [0.2, 0.25) is 0 Å². The summed E-state index contributed by atoms with van der Waals surface area (Å²) in [5.41, 5.74) is 1.73. The Labute approximate surface area is 149 Å². The monoisotopic (exact) mass is 379 g/mol. The van der Waals surface area contributed by atoms with Gasteiger partial charge in [-0.05, 0) is 25.1 Å². The van der Waals surface area contributed by atoms with Gasteiger partial charge in [0, 0.05) is 24.7 Å². The molecule has 140 valence electrons. The van der Waals surface area contributed by atoms with E-state index in [2.05, 4.69) is 30.4 Å². The molecule has 0 unspecified atom stereocenters. The van der Waals surface area contributed by atoms with Crippen LogP contribution in [0.5, 0.6) is 0 Å². The van der Waals surface area contributed by atoms with Gasteiger partial charge in [0.05, 0.1) is 11.0 Å². The molecule has 0 radical (unpaired) electrons. The van der Waals surface area contributed by atoms with Gasteiger partial charge in [-0.3, -0.25) is 0 Å². The summed E-state index contributed by atoms with van der Waals surface area (Å²) < 4.78 is 52.8. The molecule has 1 aromatic carbocycles. The number of hydrogen-bond donors (Lipinski definition) is 2. The van der Waals surface area contributed by atoms with Crippen molar-refractivity contribution >= 4 is 22.6 Å². The number of alkyl halides is 3. The van der Waals surface area contributed by atoms with E-state index < -0.39 is 12.0 Å². The second-order valence-corrected chi connectivity index (χ2v) is 5.95. The fourth-order valence-electron chi connectivity index (χ4n) is 2.69. The molecule has 3 aromatic heterocycles. The number of hydrogen-bond acceptors (Lipinski definition) is 5. The molecule has 0 atom stereocenters. The van der Waals surface area contributed by atoms with Crippen LogP contribution in [0.25, 0.3) is 16.8 Å². The molecular weight excluding hydrogens is 366 g/mol. The minimum absolute atomic E-state index is 0.135. The number of imidazole rings is 1. The molecule has 11 heteroatoms. The maximum Gasteiger partial charge on any atom is 0.453 e. The van der Waals surface area contributed by atoms with Gasteiger partial charge in [0.1, 0.15) is 17.5 Å². The van der Waals surface area contributed by atoms with Gasteiger partial charge in [-0.1, -0.05) is 0 Å². The maximum absolute atomic E-state index is 13.2. The smallest absolute Gasteiger partial charge is 0.369 e. The second kappa shape index (κ2) is 6.18. The number of aryl methyl sites for hydroxylation is 1. The van der Waals surface area contributed by atoms with Crippen molar-refractivity contribution in [3.8, 4) is 0 Å². The quantitative estimate of drug-likeness (QED) is 0.533. The van der Waals surface area contributed by atoms with Crippen molar-refractivity contribution in [2.45, 2.75) is 19.5 Å². The normalized spacial score (nSPS) is 12.2. The van der Waals surface area contributed by atoms with Crippen LogP contribution in [0.15, 0.2) is 24.3 Å². The summed E-state index contributed by atoms with van der Waals surface area (Å²) in [6.07, 6.45) is -4.21. The minimum Gasteiger partial charge on any atom is -0.369 e. The molecule has 0 saturated heterocycles. The molecule has 0 amide bonds. The van der Waals surface area contributed by atoms with Gasteiger partial charge < -0.3 is 10.3 Å². The van der Waals surface area contributed by atoms with Crippen LogP contribution in [0.4, 0.5) is 23.4 Å². The Hall–Kier alpha value is -3.24. The third-order valence-corrected chi connectivity index (χ3v) is 3.85. The number of halogens is 4. The lowest BCUT2D eigenvalue weighted by Gasteiger charge is -2.07. The van der Waals surface area contributed by atoms with Crippen molar-refractivity contribution in [2.75, 3.05) is 11.9 Å². The van der Waals surface area contributed by atoms with E-state index in [0.29, 0.717) is 41.3 Å². The van der Waals surface area contributed by atoms with E-state index in [-0.39, 0.29) is 11.6 Å². The lowest BCUT2D eigenvalue weighted by atomic mass is 10.3. The van der Waals surface area contributed by atoms with E-state index in [9.17, 15) is 17.6 Å². The number of H-pyrrole nitrogens is 1. The number of anilines is 1. The highest BCUT2D eigenvalue weighted by Gasteiger charge is 2.36. The van der Waals surface area contributed by atoms with Gasteiger partial charge in [-0.2, -0.15) is 22.7 Å². The van der Waals surface area contributed by atoms with Crippen LogP contribution < -0.4 is 5.32 Å². The summed E-state index contributed by atoms with van der Waals surface area (Å²) in [7, 11) is 0. The van der Waals surface area contributed by atoms with Crippen molar-refractivity contribution in [2.24, 2.45) is 0 Å². The molecule has 3 heterocycles. The summed E-state index contributed by atoms with van der Waals surface area (Å²) in [4.78, 5) is 14.8. The van der Waals surface area contributed by atoms with Crippen molar-refractivity contribution in [3.63, 3.8) is 0 Å². The Morgan fingerprint density at radius 2 is 1.96 bits per heavy atom.